The summed E-state index contributed by atoms with van der Waals surface area (Å²) in [5, 5.41) is 17.5. The predicted octanol–water partition coefficient (Wildman–Crippen LogP) is -11.9. The van der Waals surface area contributed by atoms with Gasteiger partial charge in [0.15, 0.2) is 0 Å². The second kappa shape index (κ2) is 29.2. The van der Waals surface area contributed by atoms with Crippen LogP contribution in [0.1, 0.15) is 0 Å². The molecule has 0 aromatic heterocycles. The molecule has 2 rings (SSSR count). The Morgan fingerprint density at radius 2 is 0.591 bits per heavy atom. The van der Waals surface area contributed by atoms with Gasteiger partial charge in [-0.1, -0.05) is 0 Å². The zero-order valence-corrected chi connectivity index (χ0v) is 10.2. The Hall–Kier alpha value is 0.177. The Morgan fingerprint density at radius 1 is 0.409 bits per heavy atom. The van der Waals surface area contributed by atoms with Crippen LogP contribution < -0.4 is 0 Å². The summed E-state index contributed by atoms with van der Waals surface area (Å²) in [6, 6.07) is 0. The van der Waals surface area contributed by atoms with Crippen molar-refractivity contribution in [3.05, 3.63) is 0 Å². The van der Waals surface area contributed by atoms with Gasteiger partial charge in [0.25, 0.3) is 0 Å². The molecule has 2 heterocycles. The van der Waals surface area contributed by atoms with E-state index in [1.165, 1.54) is 0 Å². The van der Waals surface area contributed by atoms with Crippen molar-refractivity contribution in [1.82, 2.24) is 0 Å². The van der Waals surface area contributed by atoms with Crippen LogP contribution in [0, 0.1) is 0 Å². The van der Waals surface area contributed by atoms with E-state index in [1.807, 2.05) is 0 Å². The summed E-state index contributed by atoms with van der Waals surface area (Å²) in [5.41, 5.74) is 0. The zero-order valence-electron chi connectivity index (χ0n) is 10.2. The molecule has 2 bridgehead atoms. The number of hydrogen-bond acceptors (Lipinski definition) is 7. The first kappa shape index (κ1) is 67.1. The normalized spacial score (nSPS) is 12.3. The molecule has 0 amide bonds. The summed E-state index contributed by atoms with van der Waals surface area (Å²) in [7, 11) is -5.20. The number of rotatable bonds is 0. The number of hydrogen-bond donors (Lipinski definition) is 2. The third-order valence-corrected chi connectivity index (χ3v) is 1.13. The van der Waals surface area contributed by atoms with Crippen molar-refractivity contribution in [3.63, 3.8) is 0 Å². The first-order chi connectivity index (χ1) is 5.24. The first-order valence-corrected chi connectivity index (χ1v) is 2.87. The van der Waals surface area contributed by atoms with E-state index in [9.17, 15) is 0 Å². The second-order valence-electron chi connectivity index (χ2n) is 1.87. The standard InChI is InChI=1S/B4H2O7.Li.10H2O.H/c5-1-7-3-9-2(6)10-4(8-1)11-3;;;;;;;;;;;;/h5-6H;;10*1H2;. The van der Waals surface area contributed by atoms with Crippen LogP contribution in [0.2, 0.25) is 0 Å². The van der Waals surface area contributed by atoms with Crippen molar-refractivity contribution in [2.45, 2.75) is 0 Å². The molecule has 22 N–H and O–H groups in total. The summed E-state index contributed by atoms with van der Waals surface area (Å²) in [6.45, 7) is 0. The van der Waals surface area contributed by atoms with Crippen LogP contribution in [0.4, 0.5) is 0 Å². The van der Waals surface area contributed by atoms with Crippen molar-refractivity contribution in [2.75, 3.05) is 0 Å². The fourth-order valence-corrected chi connectivity index (χ4v) is 0.728. The Kier molecular flexibility index (Phi) is 89.1. The Labute approximate surface area is 136 Å². The van der Waals surface area contributed by atoms with Gasteiger partial charge in [-0.2, -0.15) is 0 Å². The second-order valence-corrected chi connectivity index (χ2v) is 1.87. The van der Waals surface area contributed by atoms with Crippen LogP contribution in [0.25, 0.3) is 0 Å². The van der Waals surface area contributed by atoms with Crippen LogP contribution in [0.15, 0.2) is 0 Å². The molecule has 2 aliphatic rings. The summed E-state index contributed by atoms with van der Waals surface area (Å²) in [5.74, 6) is 0. The molecule has 22 heavy (non-hydrogen) atoms. The van der Waals surface area contributed by atoms with Crippen molar-refractivity contribution in [3.8, 4) is 0 Å². The van der Waals surface area contributed by atoms with Crippen LogP contribution >= 0.6 is 0 Å². The van der Waals surface area contributed by atoms with E-state index >= 15 is 0 Å². The third-order valence-electron chi connectivity index (χ3n) is 1.13. The maximum atomic E-state index is 8.74. The summed E-state index contributed by atoms with van der Waals surface area (Å²) in [6.07, 6.45) is 0. The molecule has 0 aliphatic carbocycles. The van der Waals surface area contributed by atoms with Gasteiger partial charge in [-0.25, -0.2) is 0 Å². The molecule has 17 nitrogen and oxygen atoms in total. The predicted molar refractivity (Wildman–Crippen MR) is 76.2 cm³/mol. The van der Waals surface area contributed by atoms with Crippen LogP contribution in [-0.4, -0.2) is 113 Å². The van der Waals surface area contributed by atoms with Crippen molar-refractivity contribution >= 4 is 48.1 Å². The van der Waals surface area contributed by atoms with E-state index < -0.39 is 29.3 Å². The van der Waals surface area contributed by atoms with Crippen LogP contribution in [-0.2, 0) is 22.9 Å². The molecule has 0 unspecified atom stereocenters. The van der Waals surface area contributed by atoms with E-state index in [1.54, 1.807) is 0 Å². The van der Waals surface area contributed by atoms with Crippen molar-refractivity contribution in [2.24, 2.45) is 0 Å². The molecule has 0 aromatic carbocycles. The van der Waals surface area contributed by atoms with Crippen LogP contribution in [0.3, 0.4) is 0 Å². The molecular weight excluding hydrogens is 322 g/mol. The molecule has 0 aromatic rings. The van der Waals surface area contributed by atoms with E-state index in [0.29, 0.717) is 0 Å². The Bertz CT molecular complexity index is 126. The van der Waals surface area contributed by atoms with Gasteiger partial charge in [-0.3, -0.25) is 0 Å². The van der Waals surface area contributed by atoms with E-state index in [-0.39, 0.29) is 73.6 Å². The van der Waals surface area contributed by atoms with Crippen molar-refractivity contribution in [1.29, 1.82) is 0 Å². The quantitative estimate of drug-likeness (QED) is 0.398. The van der Waals surface area contributed by atoms with Gasteiger partial charge in [0.05, 0.1) is 0 Å². The van der Waals surface area contributed by atoms with Gasteiger partial charge in [-0.05, 0) is 0 Å². The molecule has 0 radical (unpaired) electrons. The molecule has 2 saturated heterocycles. The van der Waals surface area contributed by atoms with Crippen molar-refractivity contribution < 1.29 is 87.7 Å². The summed E-state index contributed by atoms with van der Waals surface area (Å²) < 4.78 is 22.6. The molecule has 0 spiro atoms. The van der Waals surface area contributed by atoms with E-state index in [2.05, 4.69) is 22.9 Å². The Balaban J connectivity index is -0.0000000164. The topological polar surface area (TPSA) is 402 Å². The molecule has 2 fully saturated rings. The Morgan fingerprint density at radius 3 is 0.773 bits per heavy atom. The SMILES string of the molecule is O.O.O.O.O.O.O.O.O.O.OB1OB2OB(O)OB(O1)O2.[LiH]. The molecule has 0 saturated carbocycles. The first-order valence-electron chi connectivity index (χ1n) is 2.87. The minimum atomic E-state index is -1.45. The van der Waals surface area contributed by atoms with Gasteiger partial charge in [0, 0.05) is 0 Å². The monoisotopic (exact) mass is 346 g/mol. The maximum absolute atomic E-state index is 8.74. The molecule has 138 valence electrons. The van der Waals surface area contributed by atoms with E-state index in [0.717, 1.165) is 0 Å². The summed E-state index contributed by atoms with van der Waals surface area (Å²) >= 11 is 0. The molecular formula is H23B4LiO17. The minimum absolute atomic E-state index is 0. The third kappa shape index (κ3) is 18.2. The zero-order chi connectivity index (χ0) is 7.84. The van der Waals surface area contributed by atoms with Gasteiger partial charge in [0.1, 0.15) is 0 Å². The van der Waals surface area contributed by atoms with Gasteiger partial charge < -0.3 is 87.7 Å². The summed E-state index contributed by atoms with van der Waals surface area (Å²) in [4.78, 5) is 0. The molecule has 22 heteroatoms. The molecule has 2 aliphatic heterocycles. The van der Waals surface area contributed by atoms with E-state index in [4.69, 9.17) is 10.0 Å². The average Bonchev–Trinajstić information content (AvgIpc) is 1.82. The molecule has 0 atom stereocenters. The van der Waals surface area contributed by atoms with Gasteiger partial charge >= 0.3 is 48.1 Å². The van der Waals surface area contributed by atoms with Gasteiger partial charge in [-0.15, -0.1) is 0 Å². The average molecular weight is 345 g/mol. The fourth-order valence-electron chi connectivity index (χ4n) is 0.728. The number of fused-ring (bicyclic) bond motifs is 2. The van der Waals surface area contributed by atoms with Gasteiger partial charge in [0.2, 0.25) is 0 Å². The van der Waals surface area contributed by atoms with Crippen LogP contribution in [0.5, 0.6) is 0 Å². The fraction of sp³-hybridized carbons (Fsp3) is 0.